The zero-order valence-corrected chi connectivity index (χ0v) is 25.1. The number of methoxy groups -OCH3 is 1. The third kappa shape index (κ3) is 8.93. The molecule has 2 amide bonds. The number of ether oxygens (including phenoxy) is 1. The van der Waals surface area contributed by atoms with E-state index < -0.39 is 16.1 Å². The predicted octanol–water partition coefficient (Wildman–Crippen LogP) is 5.54. The highest BCUT2D eigenvalue weighted by molar-refractivity contribution is 7.92. The Hall–Kier alpha value is -2.20. The van der Waals surface area contributed by atoms with E-state index in [0.29, 0.717) is 33.6 Å². The van der Waals surface area contributed by atoms with Crippen LogP contribution >= 0.6 is 34.8 Å². The van der Waals surface area contributed by atoms with Gasteiger partial charge in [-0.1, -0.05) is 54.2 Å². The summed E-state index contributed by atoms with van der Waals surface area (Å²) in [7, 11) is -2.20. The number of anilines is 1. The molecule has 0 heterocycles. The summed E-state index contributed by atoms with van der Waals surface area (Å²) in [5.74, 6) is -0.208. The second-order valence-electron chi connectivity index (χ2n) is 8.80. The SMILES string of the molecule is CCCCNC(=O)[C@H](C)N(Cc1c(Cl)cccc1Cl)C(=O)CCCN(c1ccc(OC)c(Cl)c1)S(C)(=O)=O. The van der Waals surface area contributed by atoms with Crippen molar-refractivity contribution < 1.29 is 22.7 Å². The number of hydrogen-bond donors (Lipinski definition) is 1. The van der Waals surface area contributed by atoms with Crippen LogP contribution < -0.4 is 14.4 Å². The van der Waals surface area contributed by atoms with Crippen molar-refractivity contribution in [1.82, 2.24) is 10.2 Å². The fraction of sp³-hybridized carbons (Fsp3) is 0.462. The molecule has 0 aliphatic carbocycles. The molecule has 0 spiro atoms. The molecule has 2 rings (SSSR count). The Morgan fingerprint density at radius 1 is 1.05 bits per heavy atom. The van der Waals surface area contributed by atoms with Gasteiger partial charge in [0.05, 0.1) is 24.1 Å². The van der Waals surface area contributed by atoms with E-state index in [0.717, 1.165) is 19.1 Å². The van der Waals surface area contributed by atoms with E-state index in [4.69, 9.17) is 39.5 Å². The minimum Gasteiger partial charge on any atom is -0.495 e. The number of carbonyl (C=O) groups excluding carboxylic acids is 2. The standard InChI is InChI=1S/C26H34Cl3N3O5S/c1-5-6-14-30-26(34)18(2)31(17-20-21(27)9-7-10-22(20)28)25(33)11-8-15-32(38(4,35)36)19-12-13-24(37-3)23(29)16-19/h7,9-10,12-13,16,18H,5-6,8,11,14-15,17H2,1-4H3,(H,30,34)/t18-/m0/s1. The summed E-state index contributed by atoms with van der Waals surface area (Å²) >= 11 is 18.9. The number of halogens is 3. The molecule has 1 atom stereocenters. The number of unbranched alkanes of at least 4 members (excludes halogenated alkanes) is 1. The van der Waals surface area contributed by atoms with Gasteiger partial charge >= 0.3 is 0 Å². The summed E-state index contributed by atoms with van der Waals surface area (Å²) in [6.07, 6.45) is 3.01. The molecule has 210 valence electrons. The molecule has 0 aromatic heterocycles. The van der Waals surface area contributed by atoms with Crippen LogP contribution in [0, 0.1) is 0 Å². The van der Waals surface area contributed by atoms with Gasteiger partial charge in [0.25, 0.3) is 0 Å². The molecule has 0 aliphatic rings. The number of nitrogens with one attached hydrogen (secondary N) is 1. The third-order valence-electron chi connectivity index (χ3n) is 5.96. The first-order valence-electron chi connectivity index (χ1n) is 12.2. The monoisotopic (exact) mass is 605 g/mol. The van der Waals surface area contributed by atoms with Crippen LogP contribution in [0.1, 0.15) is 45.1 Å². The van der Waals surface area contributed by atoms with Crippen molar-refractivity contribution in [3.8, 4) is 5.75 Å². The lowest BCUT2D eigenvalue weighted by molar-refractivity contribution is -0.140. The topological polar surface area (TPSA) is 96.0 Å². The lowest BCUT2D eigenvalue weighted by Gasteiger charge is -2.30. The average molecular weight is 607 g/mol. The Morgan fingerprint density at radius 3 is 2.26 bits per heavy atom. The predicted molar refractivity (Wildman–Crippen MR) is 154 cm³/mol. The molecule has 12 heteroatoms. The molecule has 2 aromatic rings. The van der Waals surface area contributed by atoms with Crippen LogP contribution in [-0.2, 0) is 26.2 Å². The Bertz CT molecular complexity index is 1210. The van der Waals surface area contributed by atoms with Gasteiger partial charge in [0, 0.05) is 41.7 Å². The molecular weight excluding hydrogens is 573 g/mol. The van der Waals surface area contributed by atoms with Crippen molar-refractivity contribution in [3.05, 3.63) is 57.0 Å². The molecule has 2 aromatic carbocycles. The van der Waals surface area contributed by atoms with E-state index in [1.807, 2.05) is 6.92 Å². The lowest BCUT2D eigenvalue weighted by Crippen LogP contribution is -2.48. The molecule has 0 bridgehead atoms. The molecule has 0 unspecified atom stereocenters. The number of carbonyl (C=O) groups is 2. The Kier molecular flexibility index (Phi) is 12.5. The Labute approximate surface area is 240 Å². The van der Waals surface area contributed by atoms with Crippen molar-refractivity contribution in [2.75, 3.05) is 30.8 Å². The van der Waals surface area contributed by atoms with Crippen LogP contribution in [0.25, 0.3) is 0 Å². The summed E-state index contributed by atoms with van der Waals surface area (Å²) in [6.45, 7) is 4.23. The second-order valence-corrected chi connectivity index (χ2v) is 11.9. The largest absolute Gasteiger partial charge is 0.495 e. The van der Waals surface area contributed by atoms with Crippen LogP contribution in [-0.4, -0.2) is 57.6 Å². The smallest absolute Gasteiger partial charge is 0.242 e. The quantitative estimate of drug-likeness (QED) is 0.285. The van der Waals surface area contributed by atoms with Gasteiger partial charge in [-0.2, -0.15) is 0 Å². The minimum atomic E-state index is -3.66. The molecule has 38 heavy (non-hydrogen) atoms. The van der Waals surface area contributed by atoms with Crippen LogP contribution in [0.5, 0.6) is 5.75 Å². The van der Waals surface area contributed by atoms with Gasteiger partial charge in [-0.05, 0) is 50.1 Å². The summed E-state index contributed by atoms with van der Waals surface area (Å²) in [5, 5.41) is 3.89. The van der Waals surface area contributed by atoms with Gasteiger partial charge in [0.15, 0.2) is 0 Å². The van der Waals surface area contributed by atoms with Crippen molar-refractivity contribution in [2.45, 2.75) is 52.1 Å². The molecule has 0 aliphatic heterocycles. The number of nitrogens with zero attached hydrogens (tertiary/aromatic N) is 2. The number of benzene rings is 2. The van der Waals surface area contributed by atoms with Gasteiger partial charge in [0.1, 0.15) is 11.8 Å². The van der Waals surface area contributed by atoms with E-state index in [-0.39, 0.29) is 42.8 Å². The summed E-state index contributed by atoms with van der Waals surface area (Å²) in [5.41, 5.74) is 0.886. The van der Waals surface area contributed by atoms with Gasteiger partial charge in [-0.25, -0.2) is 8.42 Å². The van der Waals surface area contributed by atoms with Crippen LogP contribution in [0.4, 0.5) is 5.69 Å². The van der Waals surface area contributed by atoms with E-state index in [2.05, 4.69) is 5.32 Å². The Morgan fingerprint density at radius 2 is 1.71 bits per heavy atom. The average Bonchev–Trinajstić information content (AvgIpc) is 2.85. The third-order valence-corrected chi connectivity index (χ3v) is 8.16. The molecule has 0 fully saturated rings. The van der Waals surface area contributed by atoms with Crippen molar-refractivity contribution in [3.63, 3.8) is 0 Å². The van der Waals surface area contributed by atoms with Crippen LogP contribution in [0.2, 0.25) is 15.1 Å². The lowest BCUT2D eigenvalue weighted by atomic mass is 10.1. The van der Waals surface area contributed by atoms with E-state index >= 15 is 0 Å². The number of rotatable bonds is 14. The first-order chi connectivity index (χ1) is 17.9. The van der Waals surface area contributed by atoms with E-state index in [1.165, 1.54) is 22.4 Å². The zero-order valence-electron chi connectivity index (χ0n) is 22.0. The molecule has 1 N–H and O–H groups in total. The van der Waals surface area contributed by atoms with Gasteiger partial charge in [-0.15, -0.1) is 0 Å². The van der Waals surface area contributed by atoms with Crippen molar-refractivity contribution in [1.29, 1.82) is 0 Å². The molecule has 8 nitrogen and oxygen atoms in total. The van der Waals surface area contributed by atoms with Gasteiger partial charge in [-0.3, -0.25) is 13.9 Å². The normalized spacial score (nSPS) is 12.1. The highest BCUT2D eigenvalue weighted by Crippen LogP contribution is 2.31. The van der Waals surface area contributed by atoms with Crippen LogP contribution in [0.3, 0.4) is 0 Å². The van der Waals surface area contributed by atoms with Crippen LogP contribution in [0.15, 0.2) is 36.4 Å². The maximum atomic E-state index is 13.4. The fourth-order valence-corrected chi connectivity index (χ4v) is 5.51. The van der Waals surface area contributed by atoms with Crippen molar-refractivity contribution in [2.24, 2.45) is 0 Å². The fourth-order valence-electron chi connectivity index (χ4n) is 3.79. The summed E-state index contributed by atoms with van der Waals surface area (Å²) in [4.78, 5) is 27.7. The summed E-state index contributed by atoms with van der Waals surface area (Å²) < 4.78 is 31.4. The maximum absolute atomic E-state index is 13.4. The second kappa shape index (κ2) is 14.8. The van der Waals surface area contributed by atoms with Gasteiger partial charge < -0.3 is 15.0 Å². The maximum Gasteiger partial charge on any atom is 0.242 e. The Balaban J connectivity index is 2.22. The number of amides is 2. The number of sulfonamides is 1. The minimum absolute atomic E-state index is 0.00937. The van der Waals surface area contributed by atoms with E-state index in [9.17, 15) is 18.0 Å². The molecule has 0 saturated heterocycles. The first-order valence-corrected chi connectivity index (χ1v) is 15.2. The molecule has 0 radical (unpaired) electrons. The molecular formula is C26H34Cl3N3O5S. The molecule has 0 saturated carbocycles. The number of hydrogen-bond acceptors (Lipinski definition) is 5. The highest BCUT2D eigenvalue weighted by atomic mass is 35.5. The van der Waals surface area contributed by atoms with E-state index in [1.54, 1.807) is 37.3 Å². The van der Waals surface area contributed by atoms with Gasteiger partial charge in [0.2, 0.25) is 21.8 Å². The zero-order chi connectivity index (χ0) is 28.5. The first kappa shape index (κ1) is 32.0. The highest BCUT2D eigenvalue weighted by Gasteiger charge is 2.28. The van der Waals surface area contributed by atoms with Crippen molar-refractivity contribution >= 4 is 62.3 Å². The summed E-state index contributed by atoms with van der Waals surface area (Å²) in [6, 6.07) is 8.90.